The maximum absolute atomic E-state index is 12.1. The van der Waals surface area contributed by atoms with Crippen molar-refractivity contribution in [1.82, 2.24) is 0 Å². The van der Waals surface area contributed by atoms with Gasteiger partial charge in [0, 0.05) is 11.1 Å². The van der Waals surface area contributed by atoms with E-state index in [1.54, 1.807) is 42.5 Å². The first-order chi connectivity index (χ1) is 13.6. The summed E-state index contributed by atoms with van der Waals surface area (Å²) >= 11 is 6.01. The van der Waals surface area contributed by atoms with Crippen LogP contribution < -0.4 is 10.1 Å². The molecule has 0 atom stereocenters. The van der Waals surface area contributed by atoms with E-state index in [0.29, 0.717) is 28.0 Å². The molecule has 28 heavy (non-hydrogen) atoms. The van der Waals surface area contributed by atoms with Gasteiger partial charge in [0.15, 0.2) is 12.4 Å². The van der Waals surface area contributed by atoms with Crippen molar-refractivity contribution in [2.24, 2.45) is 0 Å². The molecule has 0 saturated carbocycles. The summed E-state index contributed by atoms with van der Waals surface area (Å²) in [6.07, 6.45) is 4.11. The molecule has 3 aromatic rings. The van der Waals surface area contributed by atoms with Gasteiger partial charge in [0.2, 0.25) is 0 Å². The molecule has 7 heteroatoms. The van der Waals surface area contributed by atoms with Crippen LogP contribution in [0.15, 0.2) is 77.4 Å². The lowest BCUT2D eigenvalue weighted by molar-refractivity contribution is -0.142. The summed E-state index contributed by atoms with van der Waals surface area (Å²) in [6, 6.07) is 17.3. The fraction of sp³-hybridized carbons (Fsp3) is 0.0476. The fourth-order valence-electron chi connectivity index (χ4n) is 2.21. The van der Waals surface area contributed by atoms with E-state index < -0.39 is 18.5 Å². The zero-order chi connectivity index (χ0) is 19.8. The third kappa shape index (κ3) is 5.75. The Morgan fingerprint density at radius 1 is 1.07 bits per heavy atom. The predicted molar refractivity (Wildman–Crippen MR) is 105 cm³/mol. The standard InChI is InChI=1S/C21H16ClNO5/c22-15-8-10-19(28-17-5-2-1-3-6-17)18(13-15)23-20(24)14-27-21(25)11-9-16-7-4-12-26-16/h1-13H,14H2,(H,23,24)/b11-9+. The second-order valence-electron chi connectivity index (χ2n) is 5.56. The maximum atomic E-state index is 12.1. The summed E-state index contributed by atoms with van der Waals surface area (Å²) in [5, 5.41) is 3.05. The van der Waals surface area contributed by atoms with E-state index in [4.69, 9.17) is 25.5 Å². The molecule has 3 rings (SSSR count). The van der Waals surface area contributed by atoms with Crippen LogP contribution in [0.2, 0.25) is 5.02 Å². The molecule has 0 spiro atoms. The van der Waals surface area contributed by atoms with Gasteiger partial charge in [-0.1, -0.05) is 29.8 Å². The number of halogens is 1. The Hall–Kier alpha value is -3.51. The van der Waals surface area contributed by atoms with Crippen molar-refractivity contribution < 1.29 is 23.5 Å². The van der Waals surface area contributed by atoms with Crippen LogP contribution in [-0.2, 0) is 14.3 Å². The molecule has 2 aromatic carbocycles. The molecule has 6 nitrogen and oxygen atoms in total. The number of para-hydroxylation sites is 1. The molecule has 0 saturated heterocycles. The first-order valence-electron chi connectivity index (χ1n) is 8.31. The highest BCUT2D eigenvalue weighted by atomic mass is 35.5. The number of benzene rings is 2. The number of hydrogen-bond acceptors (Lipinski definition) is 5. The van der Waals surface area contributed by atoms with Crippen molar-refractivity contribution in [3.05, 3.63) is 83.8 Å². The molecule has 0 bridgehead atoms. The first kappa shape index (κ1) is 19.3. The van der Waals surface area contributed by atoms with Gasteiger partial charge < -0.3 is 19.2 Å². The lowest BCUT2D eigenvalue weighted by Gasteiger charge is -2.12. The highest BCUT2D eigenvalue weighted by Gasteiger charge is 2.11. The Kier molecular flexibility index (Phi) is 6.49. The summed E-state index contributed by atoms with van der Waals surface area (Å²) < 4.78 is 15.7. The van der Waals surface area contributed by atoms with E-state index in [9.17, 15) is 9.59 Å². The summed E-state index contributed by atoms with van der Waals surface area (Å²) in [6.45, 7) is -0.460. The van der Waals surface area contributed by atoms with E-state index in [-0.39, 0.29) is 0 Å². The lowest BCUT2D eigenvalue weighted by Crippen LogP contribution is -2.20. The molecule has 0 fully saturated rings. The average Bonchev–Trinajstić information content (AvgIpc) is 3.21. The maximum Gasteiger partial charge on any atom is 0.331 e. The van der Waals surface area contributed by atoms with Crippen molar-refractivity contribution in [3.8, 4) is 11.5 Å². The molecule has 1 heterocycles. The van der Waals surface area contributed by atoms with E-state index in [0.717, 1.165) is 0 Å². The Labute approximate surface area is 166 Å². The van der Waals surface area contributed by atoms with Crippen LogP contribution in [0.1, 0.15) is 5.76 Å². The monoisotopic (exact) mass is 397 g/mol. The number of nitrogens with one attached hydrogen (secondary N) is 1. The Balaban J connectivity index is 1.58. The van der Waals surface area contributed by atoms with Gasteiger partial charge in [0.1, 0.15) is 11.5 Å². The SMILES string of the molecule is O=C(COC(=O)/C=C/c1ccco1)Nc1cc(Cl)ccc1Oc1ccccc1. The fourth-order valence-corrected chi connectivity index (χ4v) is 2.38. The van der Waals surface area contributed by atoms with Crippen LogP contribution in [0.4, 0.5) is 5.69 Å². The Bertz CT molecular complexity index is 968. The minimum Gasteiger partial charge on any atom is -0.465 e. The second-order valence-corrected chi connectivity index (χ2v) is 6.00. The van der Waals surface area contributed by atoms with Crippen LogP contribution in [0.25, 0.3) is 6.08 Å². The van der Waals surface area contributed by atoms with E-state index in [2.05, 4.69) is 5.32 Å². The largest absolute Gasteiger partial charge is 0.465 e. The minimum absolute atomic E-state index is 0.364. The van der Waals surface area contributed by atoms with Crippen LogP contribution >= 0.6 is 11.6 Å². The molecule has 0 radical (unpaired) electrons. The molecular weight excluding hydrogens is 382 g/mol. The number of esters is 1. The zero-order valence-corrected chi connectivity index (χ0v) is 15.4. The normalized spacial score (nSPS) is 10.6. The smallest absolute Gasteiger partial charge is 0.331 e. The van der Waals surface area contributed by atoms with Crippen molar-refractivity contribution in [1.29, 1.82) is 0 Å². The molecule has 1 N–H and O–H groups in total. The second kappa shape index (κ2) is 9.43. The quantitative estimate of drug-likeness (QED) is 0.452. The number of furan rings is 1. The summed E-state index contributed by atoms with van der Waals surface area (Å²) in [4.78, 5) is 23.8. The minimum atomic E-state index is -0.668. The average molecular weight is 398 g/mol. The van der Waals surface area contributed by atoms with Crippen molar-refractivity contribution in [3.63, 3.8) is 0 Å². The number of amides is 1. The van der Waals surface area contributed by atoms with Crippen LogP contribution in [0.5, 0.6) is 11.5 Å². The predicted octanol–water partition coefficient (Wildman–Crippen LogP) is 4.92. The third-order valence-electron chi connectivity index (χ3n) is 3.46. The summed E-state index contributed by atoms with van der Waals surface area (Å²) in [7, 11) is 0. The highest BCUT2D eigenvalue weighted by molar-refractivity contribution is 6.31. The number of rotatable bonds is 7. The molecular formula is C21H16ClNO5. The number of carbonyl (C=O) groups is 2. The van der Waals surface area contributed by atoms with E-state index >= 15 is 0 Å². The van der Waals surface area contributed by atoms with Crippen LogP contribution in [0.3, 0.4) is 0 Å². The number of anilines is 1. The first-order valence-corrected chi connectivity index (χ1v) is 8.68. The summed E-state index contributed by atoms with van der Waals surface area (Å²) in [5.74, 6) is 0.323. The molecule has 0 aliphatic heterocycles. The van der Waals surface area contributed by atoms with Gasteiger partial charge in [-0.3, -0.25) is 4.79 Å². The van der Waals surface area contributed by atoms with Gasteiger partial charge in [-0.15, -0.1) is 0 Å². The molecule has 1 aromatic heterocycles. The summed E-state index contributed by atoms with van der Waals surface area (Å²) in [5.41, 5.74) is 0.364. The van der Waals surface area contributed by atoms with E-state index in [1.807, 2.05) is 18.2 Å². The lowest BCUT2D eigenvalue weighted by atomic mass is 10.2. The van der Waals surface area contributed by atoms with Crippen molar-refractivity contribution in [2.45, 2.75) is 0 Å². The van der Waals surface area contributed by atoms with Crippen LogP contribution in [0, 0.1) is 0 Å². The van der Waals surface area contributed by atoms with Crippen LogP contribution in [-0.4, -0.2) is 18.5 Å². The van der Waals surface area contributed by atoms with Crippen molar-refractivity contribution in [2.75, 3.05) is 11.9 Å². The van der Waals surface area contributed by atoms with Gasteiger partial charge >= 0.3 is 5.97 Å². The number of ether oxygens (including phenoxy) is 2. The molecule has 142 valence electrons. The van der Waals surface area contributed by atoms with Gasteiger partial charge in [0.25, 0.3) is 5.91 Å². The van der Waals surface area contributed by atoms with Crippen molar-refractivity contribution >= 4 is 35.2 Å². The van der Waals surface area contributed by atoms with E-state index in [1.165, 1.54) is 18.4 Å². The molecule has 0 aliphatic carbocycles. The van der Waals surface area contributed by atoms with Gasteiger partial charge in [0.05, 0.1) is 12.0 Å². The highest BCUT2D eigenvalue weighted by Crippen LogP contribution is 2.31. The number of carbonyl (C=O) groups excluding carboxylic acids is 2. The molecule has 0 unspecified atom stereocenters. The van der Waals surface area contributed by atoms with Gasteiger partial charge in [-0.25, -0.2) is 4.79 Å². The van der Waals surface area contributed by atoms with Gasteiger partial charge in [-0.2, -0.15) is 0 Å². The third-order valence-corrected chi connectivity index (χ3v) is 3.69. The van der Waals surface area contributed by atoms with Gasteiger partial charge in [-0.05, 0) is 48.5 Å². The molecule has 1 amide bonds. The zero-order valence-electron chi connectivity index (χ0n) is 14.6. The Morgan fingerprint density at radius 2 is 1.89 bits per heavy atom. The Morgan fingerprint density at radius 3 is 2.64 bits per heavy atom. The topological polar surface area (TPSA) is 77.8 Å². The number of hydrogen-bond donors (Lipinski definition) is 1. The molecule has 0 aliphatic rings.